The van der Waals surface area contributed by atoms with Gasteiger partial charge in [0.1, 0.15) is 4.90 Å². The predicted octanol–water partition coefficient (Wildman–Crippen LogP) is 2.87. The zero-order valence-electron chi connectivity index (χ0n) is 12.7. The molecule has 0 heterocycles. The summed E-state index contributed by atoms with van der Waals surface area (Å²) in [5.41, 5.74) is 0.430. The molecule has 0 bridgehead atoms. The molecule has 0 spiro atoms. The van der Waals surface area contributed by atoms with Crippen LogP contribution in [0, 0.1) is 0 Å². The molecule has 0 saturated carbocycles. The van der Waals surface area contributed by atoms with E-state index in [1.165, 1.54) is 4.31 Å². The Kier molecular flexibility index (Phi) is 5.61. The predicted molar refractivity (Wildman–Crippen MR) is 83.5 cm³/mol. The Morgan fingerprint density at radius 1 is 1.35 bits per heavy atom. The van der Waals surface area contributed by atoms with Crippen LogP contribution >= 0.6 is 11.6 Å². The average molecular weight is 319 g/mol. The van der Waals surface area contributed by atoms with Gasteiger partial charge in [-0.25, -0.2) is 8.42 Å². The number of sulfonamides is 1. The highest BCUT2D eigenvalue weighted by Crippen LogP contribution is 2.30. The van der Waals surface area contributed by atoms with Gasteiger partial charge in [0, 0.05) is 19.1 Å². The fraction of sp³-hybridized carbons (Fsp3) is 0.571. The minimum absolute atomic E-state index is 0.163. The van der Waals surface area contributed by atoms with Gasteiger partial charge >= 0.3 is 0 Å². The second-order valence-corrected chi connectivity index (χ2v) is 7.78. The number of benzene rings is 1. The molecule has 20 heavy (non-hydrogen) atoms. The first-order valence-electron chi connectivity index (χ1n) is 6.59. The molecule has 114 valence electrons. The van der Waals surface area contributed by atoms with Crippen LogP contribution in [0.3, 0.4) is 0 Å². The summed E-state index contributed by atoms with van der Waals surface area (Å²) in [5.74, 6) is 0. The van der Waals surface area contributed by atoms with E-state index in [1.54, 1.807) is 19.2 Å². The minimum Gasteiger partial charge on any atom is -0.316 e. The highest BCUT2D eigenvalue weighted by molar-refractivity contribution is 7.89. The fourth-order valence-corrected chi connectivity index (χ4v) is 3.85. The summed E-state index contributed by atoms with van der Waals surface area (Å²) in [4.78, 5) is 0.163. The fourth-order valence-electron chi connectivity index (χ4n) is 1.76. The average Bonchev–Trinajstić information content (AvgIpc) is 2.40. The van der Waals surface area contributed by atoms with E-state index in [0.717, 1.165) is 12.0 Å². The van der Waals surface area contributed by atoms with Crippen molar-refractivity contribution < 1.29 is 8.42 Å². The van der Waals surface area contributed by atoms with Crippen molar-refractivity contribution in [3.05, 3.63) is 28.8 Å². The number of rotatable bonds is 6. The summed E-state index contributed by atoms with van der Waals surface area (Å²) in [6.07, 6.45) is 0.719. The summed E-state index contributed by atoms with van der Waals surface area (Å²) >= 11 is 6.09. The molecule has 0 saturated heterocycles. The molecule has 1 N–H and O–H groups in total. The normalized spacial score (nSPS) is 12.9. The van der Waals surface area contributed by atoms with Crippen LogP contribution < -0.4 is 5.32 Å². The van der Waals surface area contributed by atoms with Gasteiger partial charge in [-0.3, -0.25) is 0 Å². The van der Waals surface area contributed by atoms with E-state index < -0.39 is 15.6 Å². The third-order valence-electron chi connectivity index (χ3n) is 3.73. The lowest BCUT2D eigenvalue weighted by Crippen LogP contribution is -2.44. The van der Waals surface area contributed by atoms with Gasteiger partial charge in [-0.2, -0.15) is 4.31 Å². The molecule has 6 heteroatoms. The maximum atomic E-state index is 12.7. The summed E-state index contributed by atoms with van der Waals surface area (Å²) in [6.45, 7) is 6.36. The van der Waals surface area contributed by atoms with Gasteiger partial charge in [-0.15, -0.1) is 0 Å². The van der Waals surface area contributed by atoms with Crippen LogP contribution in [0.5, 0.6) is 0 Å². The van der Waals surface area contributed by atoms with E-state index in [4.69, 9.17) is 11.6 Å². The second kappa shape index (κ2) is 6.43. The van der Waals surface area contributed by atoms with Crippen molar-refractivity contribution >= 4 is 21.6 Å². The van der Waals surface area contributed by atoms with Crippen LogP contribution in [0.4, 0.5) is 0 Å². The highest BCUT2D eigenvalue weighted by Gasteiger charge is 2.33. The van der Waals surface area contributed by atoms with E-state index in [2.05, 4.69) is 5.32 Å². The summed E-state index contributed by atoms with van der Waals surface area (Å²) in [6, 6.07) is 5.09. The molecular weight excluding hydrogens is 296 g/mol. The Morgan fingerprint density at radius 3 is 2.45 bits per heavy atom. The SMILES string of the molecule is CCC(C)(C)N(C)S(=O)(=O)c1cc(CNC)ccc1Cl. The van der Waals surface area contributed by atoms with Crippen molar-refractivity contribution in [2.24, 2.45) is 0 Å². The van der Waals surface area contributed by atoms with Crippen molar-refractivity contribution in [2.45, 2.75) is 44.2 Å². The number of hydrogen-bond acceptors (Lipinski definition) is 3. The molecule has 0 aliphatic rings. The van der Waals surface area contributed by atoms with Gasteiger partial charge in [0.25, 0.3) is 0 Å². The van der Waals surface area contributed by atoms with Crippen LogP contribution in [-0.2, 0) is 16.6 Å². The topological polar surface area (TPSA) is 49.4 Å². The summed E-state index contributed by atoms with van der Waals surface area (Å²) < 4.78 is 26.9. The molecule has 0 amide bonds. The van der Waals surface area contributed by atoms with E-state index in [0.29, 0.717) is 6.54 Å². The molecule has 1 rings (SSSR count). The van der Waals surface area contributed by atoms with Crippen molar-refractivity contribution in [3.8, 4) is 0 Å². The minimum atomic E-state index is -3.61. The molecule has 0 aromatic heterocycles. The van der Waals surface area contributed by atoms with Crippen LogP contribution in [-0.4, -0.2) is 32.4 Å². The van der Waals surface area contributed by atoms with Crippen LogP contribution in [0.2, 0.25) is 5.02 Å². The van der Waals surface area contributed by atoms with E-state index in [1.807, 2.05) is 33.9 Å². The monoisotopic (exact) mass is 318 g/mol. The molecule has 1 aromatic rings. The van der Waals surface area contributed by atoms with Crippen LogP contribution in [0.1, 0.15) is 32.8 Å². The Labute approximate surface area is 127 Å². The Morgan fingerprint density at radius 2 is 1.95 bits per heavy atom. The number of hydrogen-bond donors (Lipinski definition) is 1. The molecule has 1 aromatic carbocycles. The third-order valence-corrected chi connectivity index (χ3v) is 6.28. The van der Waals surface area contributed by atoms with Crippen LogP contribution in [0.25, 0.3) is 0 Å². The quantitative estimate of drug-likeness (QED) is 0.877. The van der Waals surface area contributed by atoms with Gasteiger partial charge in [0.15, 0.2) is 0 Å². The smallest absolute Gasteiger partial charge is 0.244 e. The summed E-state index contributed by atoms with van der Waals surface area (Å²) in [7, 11) is -0.195. The Hall–Kier alpha value is -0.620. The largest absolute Gasteiger partial charge is 0.316 e. The maximum absolute atomic E-state index is 12.7. The molecule has 0 aliphatic heterocycles. The number of nitrogens with one attached hydrogen (secondary N) is 1. The summed E-state index contributed by atoms with van der Waals surface area (Å²) in [5, 5.41) is 3.25. The van der Waals surface area contributed by atoms with E-state index >= 15 is 0 Å². The van der Waals surface area contributed by atoms with Crippen molar-refractivity contribution in [1.29, 1.82) is 0 Å². The molecular formula is C14H23ClN2O2S. The first-order valence-corrected chi connectivity index (χ1v) is 8.40. The van der Waals surface area contributed by atoms with Crippen molar-refractivity contribution in [2.75, 3.05) is 14.1 Å². The third kappa shape index (κ3) is 3.52. The van der Waals surface area contributed by atoms with E-state index in [-0.39, 0.29) is 9.92 Å². The molecule has 0 fully saturated rings. The molecule has 0 aliphatic carbocycles. The van der Waals surface area contributed by atoms with Gasteiger partial charge in [0.05, 0.1) is 5.02 Å². The Bertz CT molecular complexity index is 571. The Balaban J connectivity index is 3.31. The number of halogens is 1. The first kappa shape index (κ1) is 17.4. The molecule has 4 nitrogen and oxygen atoms in total. The van der Waals surface area contributed by atoms with Gasteiger partial charge in [0.2, 0.25) is 10.0 Å². The lowest BCUT2D eigenvalue weighted by molar-refractivity contribution is 0.257. The lowest BCUT2D eigenvalue weighted by Gasteiger charge is -2.34. The van der Waals surface area contributed by atoms with Gasteiger partial charge in [-0.1, -0.05) is 24.6 Å². The number of nitrogens with zero attached hydrogens (tertiary/aromatic N) is 1. The first-order chi connectivity index (χ1) is 9.16. The van der Waals surface area contributed by atoms with E-state index in [9.17, 15) is 8.42 Å². The maximum Gasteiger partial charge on any atom is 0.244 e. The lowest BCUT2D eigenvalue weighted by atomic mass is 10.0. The van der Waals surface area contributed by atoms with Crippen molar-refractivity contribution in [3.63, 3.8) is 0 Å². The standard InChI is InChI=1S/C14H23ClN2O2S/c1-6-14(2,3)17(5)20(18,19)13-9-11(10-16-4)7-8-12(13)15/h7-9,16H,6,10H2,1-5H3. The van der Waals surface area contributed by atoms with Gasteiger partial charge < -0.3 is 5.32 Å². The highest BCUT2D eigenvalue weighted by atomic mass is 35.5. The zero-order chi connectivity index (χ0) is 15.6. The zero-order valence-corrected chi connectivity index (χ0v) is 14.3. The molecule has 0 radical (unpaired) electrons. The van der Waals surface area contributed by atoms with Gasteiger partial charge in [-0.05, 0) is 45.0 Å². The van der Waals surface area contributed by atoms with Crippen LogP contribution in [0.15, 0.2) is 23.1 Å². The molecule has 0 unspecified atom stereocenters. The van der Waals surface area contributed by atoms with Crippen molar-refractivity contribution in [1.82, 2.24) is 9.62 Å². The second-order valence-electron chi connectivity index (χ2n) is 5.43. The molecule has 0 atom stereocenters.